The molecule has 4 heteroatoms. The number of anilines is 2. The van der Waals surface area contributed by atoms with Crippen LogP contribution >= 0.6 is 0 Å². The highest BCUT2D eigenvalue weighted by Crippen LogP contribution is 2.24. The number of carbonyl (C=O) groups is 1. The zero-order chi connectivity index (χ0) is 13.8. The fourth-order valence-corrected chi connectivity index (χ4v) is 1.95. The maximum Gasteiger partial charge on any atom is 0.258 e. The first-order valence-electron chi connectivity index (χ1n) is 6.09. The van der Waals surface area contributed by atoms with E-state index in [-0.39, 0.29) is 11.7 Å². The average molecular weight is 256 g/mol. The maximum atomic E-state index is 12.4. The third-order valence-corrected chi connectivity index (χ3v) is 2.88. The molecule has 0 bridgehead atoms. The van der Waals surface area contributed by atoms with Crippen LogP contribution in [-0.2, 0) is 0 Å². The summed E-state index contributed by atoms with van der Waals surface area (Å²) in [7, 11) is 0. The maximum absolute atomic E-state index is 12.4. The van der Waals surface area contributed by atoms with E-state index in [0.717, 1.165) is 0 Å². The van der Waals surface area contributed by atoms with Crippen molar-refractivity contribution in [1.29, 1.82) is 0 Å². The van der Waals surface area contributed by atoms with Gasteiger partial charge < -0.3 is 15.7 Å². The number of nitrogens with two attached hydrogens (primary N) is 1. The van der Waals surface area contributed by atoms with Crippen LogP contribution in [0.4, 0.5) is 11.4 Å². The topological polar surface area (TPSA) is 66.6 Å². The molecule has 0 spiro atoms. The minimum Gasteiger partial charge on any atom is -0.508 e. The quantitative estimate of drug-likeness (QED) is 0.830. The monoisotopic (exact) mass is 256 g/mol. The van der Waals surface area contributed by atoms with Crippen molar-refractivity contribution in [3.63, 3.8) is 0 Å². The minimum absolute atomic E-state index is 0.0722. The van der Waals surface area contributed by atoms with Gasteiger partial charge >= 0.3 is 0 Å². The van der Waals surface area contributed by atoms with E-state index >= 15 is 0 Å². The van der Waals surface area contributed by atoms with Crippen LogP contribution in [0.1, 0.15) is 17.3 Å². The van der Waals surface area contributed by atoms with Crippen molar-refractivity contribution in [3.8, 4) is 5.75 Å². The van der Waals surface area contributed by atoms with Gasteiger partial charge in [0.05, 0.1) is 11.4 Å². The number of aromatic hydroxyl groups is 1. The first kappa shape index (κ1) is 13.0. The minimum atomic E-state index is -0.184. The van der Waals surface area contributed by atoms with E-state index in [1.165, 1.54) is 12.1 Å². The Bertz CT molecular complexity index is 596. The van der Waals surface area contributed by atoms with Crippen molar-refractivity contribution in [1.82, 2.24) is 0 Å². The summed E-state index contributed by atoms with van der Waals surface area (Å²) in [5, 5.41) is 9.45. The number of hydrogen-bond donors (Lipinski definition) is 2. The number of para-hydroxylation sites is 2. The van der Waals surface area contributed by atoms with Gasteiger partial charge in [-0.2, -0.15) is 0 Å². The molecule has 0 atom stereocenters. The Labute approximate surface area is 112 Å². The van der Waals surface area contributed by atoms with Crippen LogP contribution in [-0.4, -0.2) is 17.6 Å². The fourth-order valence-electron chi connectivity index (χ4n) is 1.95. The molecule has 2 rings (SSSR count). The van der Waals surface area contributed by atoms with Gasteiger partial charge in [-0.3, -0.25) is 4.79 Å². The van der Waals surface area contributed by atoms with Crippen LogP contribution in [0.15, 0.2) is 48.5 Å². The van der Waals surface area contributed by atoms with Crippen LogP contribution in [0.2, 0.25) is 0 Å². The van der Waals surface area contributed by atoms with E-state index in [0.29, 0.717) is 23.5 Å². The summed E-state index contributed by atoms with van der Waals surface area (Å²) < 4.78 is 0. The third kappa shape index (κ3) is 2.68. The summed E-state index contributed by atoms with van der Waals surface area (Å²) in [4.78, 5) is 14.0. The lowest BCUT2D eigenvalue weighted by Gasteiger charge is -2.22. The van der Waals surface area contributed by atoms with Gasteiger partial charge in [-0.25, -0.2) is 0 Å². The van der Waals surface area contributed by atoms with Gasteiger partial charge in [-0.05, 0) is 37.3 Å². The summed E-state index contributed by atoms with van der Waals surface area (Å²) in [5.41, 5.74) is 7.57. The number of phenols is 1. The lowest BCUT2D eigenvalue weighted by Crippen LogP contribution is -2.31. The second-order valence-corrected chi connectivity index (χ2v) is 4.16. The van der Waals surface area contributed by atoms with Gasteiger partial charge in [0.15, 0.2) is 0 Å². The van der Waals surface area contributed by atoms with E-state index in [1.54, 1.807) is 29.2 Å². The number of phenolic OH excluding ortho intramolecular Hbond substituents is 1. The highest BCUT2D eigenvalue weighted by atomic mass is 16.3. The lowest BCUT2D eigenvalue weighted by molar-refractivity contribution is 0.0988. The number of rotatable bonds is 3. The Kier molecular flexibility index (Phi) is 3.71. The molecule has 2 aromatic carbocycles. The van der Waals surface area contributed by atoms with Gasteiger partial charge in [0.1, 0.15) is 5.75 Å². The van der Waals surface area contributed by atoms with Crippen LogP contribution in [0.3, 0.4) is 0 Å². The molecule has 0 aliphatic heterocycles. The number of amides is 1. The highest BCUT2D eigenvalue weighted by Gasteiger charge is 2.17. The van der Waals surface area contributed by atoms with Crippen LogP contribution in [0, 0.1) is 0 Å². The molecule has 0 aliphatic carbocycles. The van der Waals surface area contributed by atoms with Crippen LogP contribution in [0.25, 0.3) is 0 Å². The van der Waals surface area contributed by atoms with Crippen LogP contribution in [0.5, 0.6) is 5.75 Å². The first-order chi connectivity index (χ1) is 9.13. The molecule has 0 saturated carbocycles. The van der Waals surface area contributed by atoms with Crippen molar-refractivity contribution < 1.29 is 9.90 Å². The van der Waals surface area contributed by atoms with Crippen molar-refractivity contribution in [2.45, 2.75) is 6.92 Å². The summed E-state index contributed by atoms with van der Waals surface area (Å²) in [6.45, 7) is 2.38. The standard InChI is InChI=1S/C15H16N2O2/c1-2-17(14-9-4-3-8-13(14)16)15(19)11-6-5-7-12(18)10-11/h3-10,18H,2,16H2,1H3. The largest absolute Gasteiger partial charge is 0.508 e. The van der Waals surface area contributed by atoms with E-state index in [9.17, 15) is 9.90 Å². The van der Waals surface area contributed by atoms with Crippen molar-refractivity contribution in [2.24, 2.45) is 0 Å². The zero-order valence-electron chi connectivity index (χ0n) is 10.7. The van der Waals surface area contributed by atoms with E-state index in [4.69, 9.17) is 5.73 Å². The van der Waals surface area contributed by atoms with Gasteiger partial charge in [0.2, 0.25) is 0 Å². The fraction of sp³-hybridized carbons (Fsp3) is 0.133. The van der Waals surface area contributed by atoms with E-state index < -0.39 is 0 Å². The molecule has 1 amide bonds. The summed E-state index contributed by atoms with van der Waals surface area (Å²) in [5.74, 6) is -0.112. The molecule has 3 N–H and O–H groups in total. The molecule has 2 aromatic rings. The van der Waals surface area contributed by atoms with Gasteiger partial charge in [0, 0.05) is 12.1 Å². The van der Waals surface area contributed by atoms with E-state index in [1.807, 2.05) is 19.1 Å². The molecule has 0 aliphatic rings. The van der Waals surface area contributed by atoms with Crippen molar-refractivity contribution in [2.75, 3.05) is 17.2 Å². The molecule has 0 heterocycles. The summed E-state index contributed by atoms with van der Waals surface area (Å²) in [6.07, 6.45) is 0. The average Bonchev–Trinajstić information content (AvgIpc) is 2.41. The Morgan fingerprint density at radius 3 is 2.58 bits per heavy atom. The lowest BCUT2D eigenvalue weighted by atomic mass is 10.1. The van der Waals surface area contributed by atoms with Crippen molar-refractivity contribution in [3.05, 3.63) is 54.1 Å². The zero-order valence-corrected chi connectivity index (χ0v) is 10.7. The molecule has 0 fully saturated rings. The smallest absolute Gasteiger partial charge is 0.258 e. The highest BCUT2D eigenvalue weighted by molar-refractivity contribution is 6.07. The number of nitrogen functional groups attached to an aromatic ring is 1. The predicted molar refractivity (Wildman–Crippen MR) is 76.3 cm³/mol. The molecule has 0 radical (unpaired) electrons. The summed E-state index contributed by atoms with van der Waals surface area (Å²) >= 11 is 0. The molecular formula is C15H16N2O2. The predicted octanol–water partition coefficient (Wildman–Crippen LogP) is 2.64. The second-order valence-electron chi connectivity index (χ2n) is 4.16. The molecule has 98 valence electrons. The SMILES string of the molecule is CCN(C(=O)c1cccc(O)c1)c1ccccc1N. The normalized spacial score (nSPS) is 10.2. The van der Waals surface area contributed by atoms with Crippen molar-refractivity contribution >= 4 is 17.3 Å². The molecule has 4 nitrogen and oxygen atoms in total. The Hall–Kier alpha value is -2.49. The number of benzene rings is 2. The molecule has 0 aromatic heterocycles. The molecule has 0 saturated heterocycles. The van der Waals surface area contributed by atoms with Gasteiger partial charge in [0.25, 0.3) is 5.91 Å². The molecule has 0 unspecified atom stereocenters. The number of carbonyl (C=O) groups excluding carboxylic acids is 1. The van der Waals surface area contributed by atoms with Gasteiger partial charge in [-0.1, -0.05) is 18.2 Å². The number of nitrogens with zero attached hydrogens (tertiary/aromatic N) is 1. The Morgan fingerprint density at radius 1 is 1.21 bits per heavy atom. The summed E-state index contributed by atoms with van der Waals surface area (Å²) in [6, 6.07) is 13.5. The Balaban J connectivity index is 2.38. The van der Waals surface area contributed by atoms with Gasteiger partial charge in [-0.15, -0.1) is 0 Å². The van der Waals surface area contributed by atoms with E-state index in [2.05, 4.69) is 0 Å². The number of hydrogen-bond acceptors (Lipinski definition) is 3. The second kappa shape index (κ2) is 5.44. The molecular weight excluding hydrogens is 240 g/mol. The molecule has 19 heavy (non-hydrogen) atoms. The van der Waals surface area contributed by atoms with Crippen LogP contribution < -0.4 is 10.6 Å². The third-order valence-electron chi connectivity index (χ3n) is 2.88. The Morgan fingerprint density at radius 2 is 1.95 bits per heavy atom. The first-order valence-corrected chi connectivity index (χ1v) is 6.09.